The monoisotopic (exact) mass is 405 g/mol. The zero-order chi connectivity index (χ0) is 20.6. The van der Waals surface area contributed by atoms with Crippen LogP contribution < -0.4 is 10.2 Å². The van der Waals surface area contributed by atoms with Crippen molar-refractivity contribution in [2.24, 2.45) is 10.8 Å². The van der Waals surface area contributed by atoms with Crippen LogP contribution in [-0.2, 0) is 16.0 Å². The largest absolute Gasteiger partial charge is 0.356 e. The van der Waals surface area contributed by atoms with E-state index in [0.717, 1.165) is 37.9 Å². The smallest absolute Gasteiger partial charge is 0.228 e. The van der Waals surface area contributed by atoms with E-state index >= 15 is 0 Å². The van der Waals surface area contributed by atoms with Gasteiger partial charge in [0.15, 0.2) is 0 Å². The molecule has 4 heterocycles. The van der Waals surface area contributed by atoms with E-state index in [1.165, 1.54) is 0 Å². The van der Waals surface area contributed by atoms with Crippen molar-refractivity contribution in [1.29, 1.82) is 0 Å². The lowest BCUT2D eigenvalue weighted by atomic mass is 9.60. The molecule has 1 N–H and O–H groups in total. The summed E-state index contributed by atoms with van der Waals surface area (Å²) in [6.07, 6.45) is 6.45. The fourth-order valence-electron chi connectivity index (χ4n) is 5.69. The summed E-state index contributed by atoms with van der Waals surface area (Å²) in [4.78, 5) is 38.9. The van der Waals surface area contributed by atoms with Crippen LogP contribution in [0.5, 0.6) is 0 Å². The number of aromatic nitrogens is 2. The van der Waals surface area contributed by atoms with Gasteiger partial charge in [-0.1, -0.05) is 30.3 Å². The van der Waals surface area contributed by atoms with Gasteiger partial charge in [0, 0.05) is 50.5 Å². The average molecular weight is 406 g/mol. The van der Waals surface area contributed by atoms with Gasteiger partial charge in [-0.25, -0.2) is 9.97 Å². The van der Waals surface area contributed by atoms with Gasteiger partial charge in [0.1, 0.15) is 0 Å². The lowest BCUT2D eigenvalue weighted by molar-refractivity contribution is -0.138. The molecule has 0 saturated carbocycles. The summed E-state index contributed by atoms with van der Waals surface area (Å²) in [6, 6.07) is 11.7. The first-order valence-corrected chi connectivity index (χ1v) is 10.7. The lowest BCUT2D eigenvalue weighted by Crippen LogP contribution is -2.53. The summed E-state index contributed by atoms with van der Waals surface area (Å²) < 4.78 is 0. The molecule has 0 radical (unpaired) electrons. The van der Waals surface area contributed by atoms with Crippen LogP contribution in [0.4, 0.5) is 5.95 Å². The molecule has 30 heavy (non-hydrogen) atoms. The Morgan fingerprint density at radius 2 is 1.73 bits per heavy atom. The first-order chi connectivity index (χ1) is 14.6. The molecule has 3 aliphatic heterocycles. The molecule has 2 spiro atoms. The van der Waals surface area contributed by atoms with Crippen molar-refractivity contribution in [1.82, 2.24) is 20.2 Å². The van der Waals surface area contributed by atoms with Gasteiger partial charge in [0.2, 0.25) is 17.8 Å². The molecule has 7 heteroatoms. The first kappa shape index (κ1) is 19.0. The fraction of sp³-hybridized carbons (Fsp3) is 0.478. The Morgan fingerprint density at radius 1 is 1.00 bits per heavy atom. The first-order valence-electron chi connectivity index (χ1n) is 10.7. The van der Waals surface area contributed by atoms with Crippen molar-refractivity contribution >= 4 is 17.8 Å². The molecule has 156 valence electrons. The Kier molecular flexibility index (Phi) is 4.68. The van der Waals surface area contributed by atoms with Crippen LogP contribution in [-0.4, -0.2) is 59.4 Å². The molecule has 1 aromatic heterocycles. The van der Waals surface area contributed by atoms with Crippen molar-refractivity contribution in [3.8, 4) is 0 Å². The van der Waals surface area contributed by atoms with Crippen molar-refractivity contribution in [3.05, 3.63) is 54.4 Å². The molecule has 3 saturated heterocycles. The predicted molar refractivity (Wildman–Crippen MR) is 113 cm³/mol. The molecule has 7 nitrogen and oxygen atoms in total. The highest BCUT2D eigenvalue weighted by molar-refractivity contribution is 5.87. The maximum Gasteiger partial charge on any atom is 0.228 e. The van der Waals surface area contributed by atoms with Crippen LogP contribution in [0, 0.1) is 10.8 Å². The molecule has 2 aromatic rings. The third-order valence-corrected chi connectivity index (χ3v) is 7.35. The highest BCUT2D eigenvalue weighted by Gasteiger charge is 2.64. The minimum atomic E-state index is -0.416. The summed E-state index contributed by atoms with van der Waals surface area (Å²) >= 11 is 0. The number of rotatable bonds is 3. The zero-order valence-corrected chi connectivity index (χ0v) is 17.1. The van der Waals surface area contributed by atoms with E-state index < -0.39 is 5.41 Å². The number of nitrogens with one attached hydrogen (secondary N) is 1. The molecule has 3 aliphatic rings. The molecule has 2 amide bonds. The summed E-state index contributed by atoms with van der Waals surface area (Å²) in [5.74, 6) is 1.02. The number of hydrogen-bond acceptors (Lipinski definition) is 5. The number of piperidine rings is 1. The van der Waals surface area contributed by atoms with Crippen molar-refractivity contribution in [2.75, 3.05) is 37.6 Å². The van der Waals surface area contributed by atoms with Gasteiger partial charge in [-0.05, 0) is 30.9 Å². The van der Waals surface area contributed by atoms with Crippen LogP contribution in [0.2, 0.25) is 0 Å². The molecular weight excluding hydrogens is 378 g/mol. The maximum absolute atomic E-state index is 13.0. The number of hydrogen-bond donors (Lipinski definition) is 1. The minimum Gasteiger partial charge on any atom is -0.356 e. The van der Waals surface area contributed by atoms with Crippen molar-refractivity contribution in [2.45, 2.75) is 25.7 Å². The summed E-state index contributed by atoms with van der Waals surface area (Å²) in [5, 5.41) is 3.08. The molecule has 0 bridgehead atoms. The number of carbonyl (C=O) groups is 2. The van der Waals surface area contributed by atoms with E-state index in [1.807, 2.05) is 41.3 Å². The van der Waals surface area contributed by atoms with Crippen LogP contribution in [0.25, 0.3) is 0 Å². The number of nitrogens with zero attached hydrogens (tertiary/aromatic N) is 4. The number of likely N-dealkylation sites (tertiary alicyclic amines) is 1. The predicted octanol–water partition coefficient (Wildman–Crippen LogP) is 1.65. The molecule has 0 unspecified atom stereocenters. The fourth-order valence-corrected chi connectivity index (χ4v) is 5.69. The molecule has 3 fully saturated rings. The van der Waals surface area contributed by atoms with Crippen molar-refractivity contribution in [3.63, 3.8) is 0 Å². The van der Waals surface area contributed by atoms with Gasteiger partial charge in [0.05, 0.1) is 11.8 Å². The Bertz CT molecular complexity index is 927. The molecule has 5 rings (SSSR count). The van der Waals surface area contributed by atoms with Gasteiger partial charge in [-0.15, -0.1) is 0 Å². The van der Waals surface area contributed by atoms with E-state index in [2.05, 4.69) is 20.2 Å². The average Bonchev–Trinajstić information content (AvgIpc) is 3.31. The maximum atomic E-state index is 13.0. The van der Waals surface area contributed by atoms with Crippen LogP contribution in [0.3, 0.4) is 0 Å². The Hall–Kier alpha value is -2.96. The van der Waals surface area contributed by atoms with Gasteiger partial charge >= 0.3 is 0 Å². The highest BCUT2D eigenvalue weighted by Crippen LogP contribution is 2.56. The summed E-state index contributed by atoms with van der Waals surface area (Å²) in [6.45, 7) is 3.54. The number of anilines is 1. The highest BCUT2D eigenvalue weighted by atomic mass is 16.2. The van der Waals surface area contributed by atoms with E-state index in [0.29, 0.717) is 32.0 Å². The van der Waals surface area contributed by atoms with Gasteiger partial charge in [-0.3, -0.25) is 9.59 Å². The standard InChI is InChI=1S/C23H27N5O2/c29-19(15-18-5-2-1-3-6-18)27-13-8-22(9-14-27)16-28(21-25-10-4-11-26-21)17-23(22)7-12-24-20(23)30/h1-6,10-11H,7-9,12-17H2,(H,24,30)/t23-/m1/s1. The Labute approximate surface area is 176 Å². The Morgan fingerprint density at radius 3 is 2.40 bits per heavy atom. The van der Waals surface area contributed by atoms with Crippen LogP contribution in [0.15, 0.2) is 48.8 Å². The van der Waals surface area contributed by atoms with E-state index in [-0.39, 0.29) is 17.2 Å². The number of fused-ring (bicyclic) bond motifs is 1. The quantitative estimate of drug-likeness (QED) is 0.840. The normalized spacial score (nSPS) is 25.1. The number of amides is 2. The summed E-state index contributed by atoms with van der Waals surface area (Å²) in [5.41, 5.74) is 0.486. The molecule has 1 atom stereocenters. The molecule has 1 aromatic carbocycles. The van der Waals surface area contributed by atoms with Gasteiger partial charge in [-0.2, -0.15) is 0 Å². The van der Waals surface area contributed by atoms with Gasteiger partial charge < -0.3 is 15.1 Å². The van der Waals surface area contributed by atoms with Crippen LogP contribution in [0.1, 0.15) is 24.8 Å². The van der Waals surface area contributed by atoms with Crippen LogP contribution >= 0.6 is 0 Å². The lowest BCUT2D eigenvalue weighted by Gasteiger charge is -2.46. The second-order valence-electron chi connectivity index (χ2n) is 8.82. The van der Waals surface area contributed by atoms with E-state index in [4.69, 9.17) is 0 Å². The Balaban J connectivity index is 1.34. The summed E-state index contributed by atoms with van der Waals surface area (Å²) in [7, 11) is 0. The minimum absolute atomic E-state index is 0.143. The second kappa shape index (κ2) is 7.38. The van der Waals surface area contributed by atoms with Gasteiger partial charge in [0.25, 0.3) is 0 Å². The number of benzene rings is 1. The molecule has 0 aliphatic carbocycles. The van der Waals surface area contributed by atoms with E-state index in [9.17, 15) is 9.59 Å². The molecular formula is C23H27N5O2. The third-order valence-electron chi connectivity index (χ3n) is 7.35. The second-order valence-corrected chi connectivity index (χ2v) is 8.82. The third kappa shape index (κ3) is 3.04. The van der Waals surface area contributed by atoms with Crippen molar-refractivity contribution < 1.29 is 9.59 Å². The number of carbonyl (C=O) groups excluding carboxylic acids is 2. The zero-order valence-electron chi connectivity index (χ0n) is 17.1. The topological polar surface area (TPSA) is 78.4 Å². The SMILES string of the molecule is O=C(Cc1ccccc1)N1CCC2(CC1)CN(c1ncccn1)C[C@@]21CCNC1=O. The van der Waals surface area contributed by atoms with E-state index in [1.54, 1.807) is 12.4 Å².